The summed E-state index contributed by atoms with van der Waals surface area (Å²) in [4.78, 5) is 9.51. The number of nitrogens with zero attached hydrogens (tertiary/aromatic N) is 2. The summed E-state index contributed by atoms with van der Waals surface area (Å²) < 4.78 is 0. The van der Waals surface area contributed by atoms with Gasteiger partial charge in [-0.05, 0) is 13.8 Å². The quantitative estimate of drug-likeness (QED) is 0.681. The molecule has 0 radical (unpaired) electrons. The number of hydrogen-bond acceptors (Lipinski definition) is 2. The summed E-state index contributed by atoms with van der Waals surface area (Å²) in [6.45, 7) is 4.02. The highest BCUT2D eigenvalue weighted by Gasteiger charge is 2.11. The van der Waals surface area contributed by atoms with Crippen molar-refractivity contribution in [2.75, 3.05) is 0 Å². The Bertz CT molecular complexity index is 658. The van der Waals surface area contributed by atoms with E-state index in [4.69, 9.17) is 4.98 Å². The largest absolute Gasteiger partial charge is 0.254 e. The van der Waals surface area contributed by atoms with Crippen molar-refractivity contribution < 1.29 is 0 Å². The third-order valence-electron chi connectivity index (χ3n) is 3.34. The molecule has 0 aliphatic heterocycles. The Balaban J connectivity index is 2.19. The van der Waals surface area contributed by atoms with E-state index in [0.717, 1.165) is 33.9 Å². The molecule has 1 aromatic heterocycles. The molecule has 2 heteroatoms. The third kappa shape index (κ3) is 2.32. The molecule has 3 aromatic rings. The van der Waals surface area contributed by atoms with Gasteiger partial charge in [0.1, 0.15) is 0 Å². The molecule has 20 heavy (non-hydrogen) atoms. The Labute approximate surface area is 119 Å². The molecule has 0 saturated heterocycles. The van der Waals surface area contributed by atoms with Crippen molar-refractivity contribution in [2.24, 2.45) is 0 Å². The number of aryl methyl sites for hydroxylation is 2. The Morgan fingerprint density at radius 3 is 1.35 bits per heavy atom. The van der Waals surface area contributed by atoms with Crippen LogP contribution >= 0.6 is 0 Å². The molecule has 0 bridgehead atoms. The molecule has 0 amide bonds. The van der Waals surface area contributed by atoms with E-state index in [-0.39, 0.29) is 0 Å². The molecule has 0 atom stereocenters. The monoisotopic (exact) mass is 260 g/mol. The third-order valence-corrected chi connectivity index (χ3v) is 3.34. The zero-order valence-corrected chi connectivity index (χ0v) is 11.7. The van der Waals surface area contributed by atoms with Gasteiger partial charge in [0.15, 0.2) is 0 Å². The van der Waals surface area contributed by atoms with E-state index in [1.807, 2.05) is 50.2 Å². The number of benzene rings is 2. The summed E-state index contributed by atoms with van der Waals surface area (Å²) >= 11 is 0. The lowest BCUT2D eigenvalue weighted by Crippen LogP contribution is -1.99. The van der Waals surface area contributed by atoms with Crippen LogP contribution in [0.15, 0.2) is 60.7 Å². The van der Waals surface area contributed by atoms with Crippen LogP contribution in [0.25, 0.3) is 22.5 Å². The molecule has 98 valence electrons. The minimum Gasteiger partial charge on any atom is -0.254 e. The maximum atomic E-state index is 4.85. The van der Waals surface area contributed by atoms with Gasteiger partial charge in [-0.1, -0.05) is 60.7 Å². The van der Waals surface area contributed by atoms with E-state index in [1.54, 1.807) is 0 Å². The lowest BCUT2D eigenvalue weighted by atomic mass is 10.1. The molecule has 3 rings (SSSR count). The fourth-order valence-electron chi connectivity index (χ4n) is 2.37. The molecule has 0 unspecified atom stereocenters. The van der Waals surface area contributed by atoms with E-state index in [2.05, 4.69) is 29.2 Å². The molecule has 0 N–H and O–H groups in total. The minimum absolute atomic E-state index is 0.954. The molecule has 0 fully saturated rings. The predicted molar refractivity (Wildman–Crippen MR) is 82.4 cm³/mol. The summed E-state index contributed by atoms with van der Waals surface area (Å²) in [6, 6.07) is 20.4. The van der Waals surface area contributed by atoms with Gasteiger partial charge in [-0.15, -0.1) is 0 Å². The zero-order valence-electron chi connectivity index (χ0n) is 11.7. The summed E-state index contributed by atoms with van der Waals surface area (Å²) in [7, 11) is 0. The van der Waals surface area contributed by atoms with Crippen LogP contribution in [0.1, 0.15) is 11.4 Å². The molecule has 1 heterocycles. The van der Waals surface area contributed by atoms with Gasteiger partial charge in [0.25, 0.3) is 0 Å². The van der Waals surface area contributed by atoms with Crippen molar-refractivity contribution in [1.82, 2.24) is 9.97 Å². The van der Waals surface area contributed by atoms with Crippen LogP contribution in [0.2, 0.25) is 0 Å². The first-order valence-electron chi connectivity index (χ1n) is 6.72. The Hall–Kier alpha value is -2.48. The second kappa shape index (κ2) is 5.25. The molecule has 0 saturated carbocycles. The second-order valence-electron chi connectivity index (χ2n) is 4.82. The smallest absolute Gasteiger partial charge is 0.0922 e. The fraction of sp³-hybridized carbons (Fsp3) is 0.111. The Kier molecular flexibility index (Phi) is 3.30. The van der Waals surface area contributed by atoms with E-state index < -0.39 is 0 Å². The first kappa shape index (κ1) is 12.5. The van der Waals surface area contributed by atoms with E-state index in [1.165, 1.54) is 0 Å². The topological polar surface area (TPSA) is 25.8 Å². The average molecular weight is 260 g/mol. The molecule has 0 aliphatic rings. The highest BCUT2D eigenvalue weighted by Crippen LogP contribution is 2.26. The van der Waals surface area contributed by atoms with Crippen LogP contribution in [0, 0.1) is 13.8 Å². The summed E-state index contributed by atoms with van der Waals surface area (Å²) in [5.41, 5.74) is 6.05. The summed E-state index contributed by atoms with van der Waals surface area (Å²) in [6.07, 6.45) is 0. The molecule has 0 aliphatic carbocycles. The summed E-state index contributed by atoms with van der Waals surface area (Å²) in [5, 5.41) is 0. The van der Waals surface area contributed by atoms with Gasteiger partial charge in [0.05, 0.1) is 22.8 Å². The van der Waals surface area contributed by atoms with Crippen LogP contribution < -0.4 is 0 Å². The van der Waals surface area contributed by atoms with Crippen molar-refractivity contribution in [3.63, 3.8) is 0 Å². The first-order chi connectivity index (χ1) is 9.75. The Morgan fingerprint density at radius 1 is 0.550 bits per heavy atom. The maximum Gasteiger partial charge on any atom is 0.0922 e. The number of rotatable bonds is 2. The second-order valence-corrected chi connectivity index (χ2v) is 4.82. The SMILES string of the molecule is Cc1nc(C)c(-c2ccccc2)nc1-c1ccccc1. The van der Waals surface area contributed by atoms with E-state index >= 15 is 0 Å². The van der Waals surface area contributed by atoms with Gasteiger partial charge in [0.2, 0.25) is 0 Å². The van der Waals surface area contributed by atoms with Crippen LogP contribution in [0.4, 0.5) is 0 Å². The normalized spacial score (nSPS) is 10.5. The number of aromatic nitrogens is 2. The molecular formula is C18H16N2. The highest BCUT2D eigenvalue weighted by atomic mass is 14.8. The van der Waals surface area contributed by atoms with Crippen molar-refractivity contribution in [3.8, 4) is 22.5 Å². The van der Waals surface area contributed by atoms with Crippen molar-refractivity contribution in [1.29, 1.82) is 0 Å². The average Bonchev–Trinajstić information content (AvgIpc) is 2.49. The van der Waals surface area contributed by atoms with Crippen LogP contribution in [0.5, 0.6) is 0 Å². The van der Waals surface area contributed by atoms with Crippen LogP contribution in [-0.4, -0.2) is 9.97 Å². The van der Waals surface area contributed by atoms with Gasteiger partial charge in [-0.25, -0.2) is 4.98 Å². The van der Waals surface area contributed by atoms with Crippen molar-refractivity contribution in [2.45, 2.75) is 13.8 Å². The van der Waals surface area contributed by atoms with E-state index in [0.29, 0.717) is 0 Å². The molecular weight excluding hydrogens is 244 g/mol. The van der Waals surface area contributed by atoms with Crippen molar-refractivity contribution >= 4 is 0 Å². The Morgan fingerprint density at radius 2 is 0.950 bits per heavy atom. The molecule has 0 spiro atoms. The molecule has 2 nitrogen and oxygen atoms in total. The maximum absolute atomic E-state index is 4.85. The predicted octanol–water partition coefficient (Wildman–Crippen LogP) is 4.43. The standard InChI is InChI=1S/C18H16N2/c1-13-17(15-9-5-3-6-10-15)20-18(14(2)19-13)16-11-7-4-8-12-16/h3-12H,1-2H3. The van der Waals surface area contributed by atoms with Gasteiger partial charge < -0.3 is 0 Å². The minimum atomic E-state index is 0.954. The molecule has 2 aromatic carbocycles. The first-order valence-corrected chi connectivity index (χ1v) is 6.72. The number of hydrogen-bond donors (Lipinski definition) is 0. The lowest BCUT2D eigenvalue weighted by Gasteiger charge is -2.10. The van der Waals surface area contributed by atoms with Crippen LogP contribution in [-0.2, 0) is 0 Å². The zero-order chi connectivity index (χ0) is 13.9. The van der Waals surface area contributed by atoms with Gasteiger partial charge in [0, 0.05) is 11.1 Å². The van der Waals surface area contributed by atoms with Gasteiger partial charge in [-0.3, -0.25) is 4.98 Å². The van der Waals surface area contributed by atoms with E-state index in [9.17, 15) is 0 Å². The van der Waals surface area contributed by atoms with Gasteiger partial charge in [-0.2, -0.15) is 0 Å². The van der Waals surface area contributed by atoms with Gasteiger partial charge >= 0.3 is 0 Å². The highest BCUT2D eigenvalue weighted by molar-refractivity contribution is 5.68. The lowest BCUT2D eigenvalue weighted by molar-refractivity contribution is 1.07. The van der Waals surface area contributed by atoms with Crippen molar-refractivity contribution in [3.05, 3.63) is 72.1 Å². The fourth-order valence-corrected chi connectivity index (χ4v) is 2.37. The van der Waals surface area contributed by atoms with Crippen LogP contribution in [0.3, 0.4) is 0 Å². The summed E-state index contributed by atoms with van der Waals surface area (Å²) in [5.74, 6) is 0.